The monoisotopic (exact) mass is 665 g/mol. The molecule has 2 aromatic carbocycles. The lowest BCUT2D eigenvalue weighted by molar-refractivity contribution is -0.198. The molecule has 4 amide bonds. The molecule has 0 aromatic heterocycles. The first-order valence-electron chi connectivity index (χ1n) is 15.8. The van der Waals surface area contributed by atoms with E-state index in [0.717, 1.165) is 11.1 Å². The Balaban J connectivity index is 1.18. The molecule has 2 aromatic rings. The fraction of sp³-hybridized carbons (Fsp3) is 0.457. The van der Waals surface area contributed by atoms with Crippen molar-refractivity contribution in [2.45, 2.75) is 45.6 Å². The van der Waals surface area contributed by atoms with Gasteiger partial charge in [-0.15, -0.1) is 11.5 Å². The maximum atomic E-state index is 13.3. The van der Waals surface area contributed by atoms with E-state index in [-0.39, 0.29) is 70.3 Å². The van der Waals surface area contributed by atoms with Gasteiger partial charge in [0.25, 0.3) is 11.8 Å². The molecular formula is C35H43N3O10. The zero-order chi connectivity index (χ0) is 34.6. The van der Waals surface area contributed by atoms with E-state index in [4.69, 9.17) is 30.2 Å². The third-order valence-corrected chi connectivity index (χ3v) is 7.14. The molecular weight excluding hydrogens is 622 g/mol. The number of ether oxygens (including phenoxy) is 4. The minimum atomic E-state index is -0.719. The highest BCUT2D eigenvalue weighted by atomic mass is 16.7. The molecule has 0 unspecified atom stereocenters. The van der Waals surface area contributed by atoms with Crippen molar-refractivity contribution < 1.29 is 47.8 Å². The van der Waals surface area contributed by atoms with Crippen molar-refractivity contribution in [3.63, 3.8) is 0 Å². The lowest BCUT2D eigenvalue weighted by Gasteiger charge is -2.25. The maximum Gasteiger partial charge on any atom is 0.335 e. The molecule has 1 saturated heterocycles. The van der Waals surface area contributed by atoms with E-state index in [1.54, 1.807) is 11.0 Å². The fourth-order valence-electron chi connectivity index (χ4n) is 4.52. The number of benzene rings is 2. The van der Waals surface area contributed by atoms with Crippen LogP contribution in [-0.4, -0.2) is 94.1 Å². The van der Waals surface area contributed by atoms with Crippen molar-refractivity contribution in [1.29, 1.82) is 0 Å². The fourth-order valence-corrected chi connectivity index (χ4v) is 4.52. The number of nitrogens with zero attached hydrogens (tertiary/aromatic N) is 2. The average molecular weight is 666 g/mol. The quantitative estimate of drug-likeness (QED) is 0.113. The van der Waals surface area contributed by atoms with Gasteiger partial charge in [-0.3, -0.25) is 19.2 Å². The highest BCUT2D eigenvalue weighted by Crippen LogP contribution is 2.24. The molecule has 1 fully saturated rings. The van der Waals surface area contributed by atoms with Crippen LogP contribution in [0.3, 0.4) is 0 Å². The molecule has 1 aliphatic heterocycles. The molecule has 48 heavy (non-hydrogen) atoms. The van der Waals surface area contributed by atoms with Gasteiger partial charge in [-0.05, 0) is 30.2 Å². The zero-order valence-corrected chi connectivity index (χ0v) is 27.3. The highest BCUT2D eigenvalue weighted by molar-refractivity contribution is 6.01. The molecule has 13 nitrogen and oxygen atoms in total. The van der Waals surface area contributed by atoms with Crippen LogP contribution >= 0.6 is 0 Å². The number of nitrogens with one attached hydrogen (secondary N) is 1. The standard InChI is InChI=1S/C35H43N3O10/c1-3-28-9-6-7-11-30(28)37(26-29-10-5-4-8-27(29)2)32(40)14-17-36-31(39)15-18-44-20-22-46-24-25-47-23-21-45-19-16-35(43)48-38-33(41)12-13-34(38)42/h1,4-11H,12-26H2,2H3,(H,36,39). The SMILES string of the molecule is C#Cc1ccccc1N(Cc1ccccc1C)C(=O)CCNC(=O)CCOCCOCCOCCOCCC(=O)ON1C(=O)CCC1=O. The van der Waals surface area contributed by atoms with E-state index in [0.29, 0.717) is 55.9 Å². The third kappa shape index (κ3) is 13.2. The molecule has 0 atom stereocenters. The number of aryl methyl sites for hydroxylation is 1. The Kier molecular flexibility index (Phi) is 16.8. The third-order valence-electron chi connectivity index (χ3n) is 7.14. The number of carbonyl (C=O) groups is 5. The van der Waals surface area contributed by atoms with Gasteiger partial charge >= 0.3 is 5.97 Å². The first-order valence-corrected chi connectivity index (χ1v) is 15.8. The van der Waals surface area contributed by atoms with E-state index in [1.165, 1.54) is 0 Å². The number of anilines is 1. The maximum absolute atomic E-state index is 13.3. The second-order valence-corrected chi connectivity index (χ2v) is 10.7. The van der Waals surface area contributed by atoms with E-state index < -0.39 is 17.8 Å². The van der Waals surface area contributed by atoms with Gasteiger partial charge in [0.2, 0.25) is 11.8 Å². The van der Waals surface area contributed by atoms with Crippen LogP contribution in [0.4, 0.5) is 5.69 Å². The molecule has 3 rings (SSSR count). The van der Waals surface area contributed by atoms with Crippen molar-refractivity contribution in [3.8, 4) is 12.3 Å². The molecule has 1 heterocycles. The van der Waals surface area contributed by atoms with Gasteiger partial charge in [-0.1, -0.05) is 42.3 Å². The summed E-state index contributed by atoms with van der Waals surface area (Å²) in [6.07, 6.45) is 5.95. The van der Waals surface area contributed by atoms with Gasteiger partial charge < -0.3 is 34.0 Å². The Morgan fingerprint density at radius 1 is 0.792 bits per heavy atom. The van der Waals surface area contributed by atoms with Gasteiger partial charge in [-0.25, -0.2) is 4.79 Å². The second kappa shape index (κ2) is 21.3. The first kappa shape index (κ1) is 37.8. The smallest absolute Gasteiger partial charge is 0.335 e. The summed E-state index contributed by atoms with van der Waals surface area (Å²) in [4.78, 5) is 66.5. The van der Waals surface area contributed by atoms with E-state index in [1.807, 2.05) is 49.4 Å². The normalized spacial score (nSPS) is 12.5. The Morgan fingerprint density at radius 2 is 1.35 bits per heavy atom. The van der Waals surface area contributed by atoms with E-state index in [9.17, 15) is 24.0 Å². The van der Waals surface area contributed by atoms with Crippen molar-refractivity contribution in [2.24, 2.45) is 0 Å². The predicted molar refractivity (Wildman–Crippen MR) is 174 cm³/mol. The predicted octanol–water partition coefficient (Wildman–Crippen LogP) is 2.47. The Labute approximate surface area is 280 Å². The number of imide groups is 1. The molecule has 0 bridgehead atoms. The van der Waals surface area contributed by atoms with Crippen LogP contribution in [-0.2, 0) is 54.3 Å². The van der Waals surface area contributed by atoms with Gasteiger partial charge in [0.1, 0.15) is 0 Å². The molecule has 1 aliphatic rings. The summed E-state index contributed by atoms with van der Waals surface area (Å²) >= 11 is 0. The van der Waals surface area contributed by atoms with Crippen LogP contribution < -0.4 is 10.2 Å². The largest absolute Gasteiger partial charge is 0.379 e. The summed E-state index contributed by atoms with van der Waals surface area (Å²) in [5, 5.41) is 3.28. The highest BCUT2D eigenvalue weighted by Gasteiger charge is 2.32. The Bertz CT molecular complexity index is 1410. The number of amides is 4. The van der Waals surface area contributed by atoms with Crippen molar-refractivity contribution in [2.75, 3.05) is 64.3 Å². The zero-order valence-electron chi connectivity index (χ0n) is 27.3. The molecule has 0 saturated carbocycles. The summed E-state index contributed by atoms with van der Waals surface area (Å²) < 4.78 is 21.6. The Hall–Kier alpha value is -4.61. The van der Waals surface area contributed by atoms with Gasteiger partial charge in [0.05, 0.1) is 71.5 Å². The minimum Gasteiger partial charge on any atom is -0.379 e. The number of carbonyl (C=O) groups excluding carboxylic acids is 5. The molecule has 0 spiro atoms. The number of hydroxylamine groups is 2. The van der Waals surface area contributed by atoms with Crippen LogP contribution in [0.5, 0.6) is 0 Å². The van der Waals surface area contributed by atoms with Crippen LogP contribution in [0.1, 0.15) is 48.8 Å². The summed E-state index contributed by atoms with van der Waals surface area (Å²) in [7, 11) is 0. The second-order valence-electron chi connectivity index (χ2n) is 10.7. The van der Waals surface area contributed by atoms with Crippen LogP contribution in [0, 0.1) is 19.3 Å². The molecule has 0 aliphatic carbocycles. The topological polar surface area (TPSA) is 150 Å². The van der Waals surface area contributed by atoms with Crippen LogP contribution in [0.2, 0.25) is 0 Å². The summed E-state index contributed by atoms with van der Waals surface area (Å²) in [5.74, 6) is 0.511. The van der Waals surface area contributed by atoms with Gasteiger partial charge in [-0.2, -0.15) is 0 Å². The van der Waals surface area contributed by atoms with Gasteiger partial charge in [0.15, 0.2) is 0 Å². The number of para-hydroxylation sites is 1. The summed E-state index contributed by atoms with van der Waals surface area (Å²) in [6, 6.07) is 15.2. The van der Waals surface area contributed by atoms with Crippen LogP contribution in [0.15, 0.2) is 48.5 Å². The Morgan fingerprint density at radius 3 is 1.98 bits per heavy atom. The molecule has 13 heteroatoms. The minimum absolute atomic E-state index is 0.0443. The average Bonchev–Trinajstić information content (AvgIpc) is 3.40. The molecule has 258 valence electrons. The lowest BCUT2D eigenvalue weighted by atomic mass is 10.1. The molecule has 0 radical (unpaired) electrons. The number of hydrogen-bond acceptors (Lipinski definition) is 10. The number of hydrogen-bond donors (Lipinski definition) is 1. The summed E-state index contributed by atoms with van der Waals surface area (Å²) in [6.45, 7) is 4.68. The van der Waals surface area contributed by atoms with Crippen molar-refractivity contribution >= 4 is 35.3 Å². The van der Waals surface area contributed by atoms with Gasteiger partial charge in [0, 0.05) is 37.8 Å². The molecule has 1 N–H and O–H groups in total. The first-order chi connectivity index (χ1) is 23.3. The van der Waals surface area contributed by atoms with Crippen LogP contribution in [0.25, 0.3) is 0 Å². The number of rotatable bonds is 22. The van der Waals surface area contributed by atoms with E-state index in [2.05, 4.69) is 11.2 Å². The number of terminal acetylenes is 1. The van der Waals surface area contributed by atoms with Crippen molar-refractivity contribution in [1.82, 2.24) is 10.4 Å². The summed E-state index contributed by atoms with van der Waals surface area (Å²) in [5.41, 5.74) is 3.35. The lowest BCUT2D eigenvalue weighted by Crippen LogP contribution is -2.35. The van der Waals surface area contributed by atoms with E-state index >= 15 is 0 Å². The van der Waals surface area contributed by atoms with Crippen molar-refractivity contribution in [3.05, 3.63) is 65.2 Å².